The summed E-state index contributed by atoms with van der Waals surface area (Å²) in [6.45, 7) is 3.40. The predicted molar refractivity (Wildman–Crippen MR) is 142 cm³/mol. The van der Waals surface area contributed by atoms with Gasteiger partial charge in [0.1, 0.15) is 17.2 Å². The number of hydrogen-bond acceptors (Lipinski definition) is 4. The Labute approximate surface area is 211 Å². The maximum absolute atomic E-state index is 10.9. The van der Waals surface area contributed by atoms with Crippen LogP contribution in [0.2, 0.25) is 0 Å². The number of ether oxygens (including phenoxy) is 2. The van der Waals surface area contributed by atoms with Gasteiger partial charge in [-0.1, -0.05) is 70.1 Å². The second kappa shape index (κ2) is 16.5. The van der Waals surface area contributed by atoms with E-state index in [0.717, 1.165) is 27.9 Å². The van der Waals surface area contributed by atoms with Crippen LogP contribution in [0.25, 0.3) is 6.08 Å². The fourth-order valence-electron chi connectivity index (χ4n) is 3.40. The molecule has 0 aliphatic carbocycles. The minimum absolute atomic E-state index is 0.0427. The Morgan fingerprint density at radius 1 is 0.939 bits per heavy atom. The molecule has 33 heavy (non-hydrogen) atoms. The molecule has 0 saturated carbocycles. The van der Waals surface area contributed by atoms with E-state index in [2.05, 4.69) is 29.5 Å². The molecular weight excluding hydrogens is 529 g/mol. The van der Waals surface area contributed by atoms with Crippen molar-refractivity contribution >= 4 is 34.6 Å². The van der Waals surface area contributed by atoms with Gasteiger partial charge in [0.05, 0.1) is 23.2 Å². The molecule has 0 aliphatic heterocycles. The van der Waals surface area contributed by atoms with Crippen LogP contribution in [0.3, 0.4) is 0 Å². The number of rotatable bonds is 17. The highest BCUT2D eigenvalue weighted by Crippen LogP contribution is 2.22. The number of unbranched alkanes of at least 4 members (excludes halogenated alkanes) is 7. The molecule has 0 aliphatic rings. The second-order valence-electron chi connectivity index (χ2n) is 8.04. The van der Waals surface area contributed by atoms with Crippen molar-refractivity contribution in [1.82, 2.24) is 4.98 Å². The summed E-state index contributed by atoms with van der Waals surface area (Å²) in [5.74, 6) is 0.696. The van der Waals surface area contributed by atoms with Gasteiger partial charge in [-0.05, 0) is 59.4 Å². The average Bonchev–Trinajstić information content (AvgIpc) is 2.80. The summed E-state index contributed by atoms with van der Waals surface area (Å²) in [6.07, 6.45) is 14.0. The molecule has 0 amide bonds. The standard InChI is InChI=1S/C27H36INO4/c1-2-3-4-5-6-7-8-11-20-32-26-18-17-22(29-24(26)14-12-16-27(30)31)19-21-33-25-15-10-9-13-23(25)28/h9-10,12-15,17-18H,2-8,11,16,19-21H2,1H3,(H,30,31). The van der Waals surface area contributed by atoms with E-state index in [1.807, 2.05) is 36.4 Å². The third-order valence-electron chi connectivity index (χ3n) is 5.22. The van der Waals surface area contributed by atoms with Gasteiger partial charge in [-0.2, -0.15) is 0 Å². The molecule has 1 N–H and O–H groups in total. The molecule has 1 heterocycles. The summed E-state index contributed by atoms with van der Waals surface area (Å²) >= 11 is 2.26. The zero-order chi connectivity index (χ0) is 23.7. The lowest BCUT2D eigenvalue weighted by Gasteiger charge is -2.11. The highest BCUT2D eigenvalue weighted by Gasteiger charge is 2.07. The van der Waals surface area contributed by atoms with Crippen LogP contribution in [0, 0.1) is 3.57 Å². The lowest BCUT2D eigenvalue weighted by Crippen LogP contribution is -2.06. The van der Waals surface area contributed by atoms with Gasteiger partial charge in [0, 0.05) is 12.1 Å². The van der Waals surface area contributed by atoms with E-state index in [0.29, 0.717) is 31.1 Å². The topological polar surface area (TPSA) is 68.7 Å². The summed E-state index contributed by atoms with van der Waals surface area (Å²) in [5.41, 5.74) is 1.55. The van der Waals surface area contributed by atoms with Gasteiger partial charge in [0.15, 0.2) is 0 Å². The van der Waals surface area contributed by atoms with Crippen LogP contribution >= 0.6 is 22.6 Å². The van der Waals surface area contributed by atoms with Crippen LogP contribution < -0.4 is 9.47 Å². The van der Waals surface area contributed by atoms with E-state index in [-0.39, 0.29) is 6.42 Å². The predicted octanol–water partition coefficient (Wildman–Crippen LogP) is 7.32. The third kappa shape index (κ3) is 11.6. The molecule has 180 valence electrons. The summed E-state index contributed by atoms with van der Waals surface area (Å²) in [6, 6.07) is 11.8. The maximum atomic E-state index is 10.9. The number of hydrogen-bond donors (Lipinski definition) is 1. The lowest BCUT2D eigenvalue weighted by atomic mass is 10.1. The molecule has 0 saturated heterocycles. The normalized spacial score (nSPS) is 11.1. The number of aromatic nitrogens is 1. The number of pyridine rings is 1. The smallest absolute Gasteiger partial charge is 0.307 e. The minimum atomic E-state index is -0.866. The Morgan fingerprint density at radius 2 is 1.64 bits per heavy atom. The number of carbonyl (C=O) groups is 1. The number of halogens is 1. The zero-order valence-corrected chi connectivity index (χ0v) is 21.8. The van der Waals surface area contributed by atoms with Crippen LogP contribution in [-0.2, 0) is 11.2 Å². The van der Waals surface area contributed by atoms with E-state index in [1.165, 1.54) is 38.5 Å². The molecule has 5 nitrogen and oxygen atoms in total. The first-order chi connectivity index (χ1) is 16.1. The molecule has 2 aromatic rings. The molecule has 1 aromatic heterocycles. The van der Waals surface area contributed by atoms with Gasteiger partial charge < -0.3 is 14.6 Å². The van der Waals surface area contributed by atoms with E-state index in [1.54, 1.807) is 12.2 Å². The number of carboxylic acid groups (broad SMARTS) is 1. The Hall–Kier alpha value is -2.09. The monoisotopic (exact) mass is 565 g/mol. The molecular formula is C27H36INO4. The number of carboxylic acids is 1. The Kier molecular flexibility index (Phi) is 13.6. The van der Waals surface area contributed by atoms with Gasteiger partial charge in [0.2, 0.25) is 0 Å². The summed E-state index contributed by atoms with van der Waals surface area (Å²) in [7, 11) is 0. The van der Waals surface area contributed by atoms with Gasteiger partial charge in [0.25, 0.3) is 0 Å². The summed E-state index contributed by atoms with van der Waals surface area (Å²) in [4.78, 5) is 15.6. The van der Waals surface area contributed by atoms with E-state index >= 15 is 0 Å². The molecule has 0 unspecified atom stereocenters. The van der Waals surface area contributed by atoms with Crippen molar-refractivity contribution in [1.29, 1.82) is 0 Å². The number of aliphatic carboxylic acids is 1. The fourth-order valence-corrected chi connectivity index (χ4v) is 3.94. The van der Waals surface area contributed by atoms with Gasteiger partial charge in [-0.15, -0.1) is 0 Å². The first-order valence-corrected chi connectivity index (χ1v) is 13.1. The summed E-state index contributed by atoms with van der Waals surface area (Å²) < 4.78 is 12.9. The highest BCUT2D eigenvalue weighted by atomic mass is 127. The highest BCUT2D eigenvalue weighted by molar-refractivity contribution is 14.1. The van der Waals surface area contributed by atoms with E-state index < -0.39 is 5.97 Å². The van der Waals surface area contributed by atoms with Crippen LogP contribution in [0.5, 0.6) is 11.5 Å². The van der Waals surface area contributed by atoms with Gasteiger partial charge >= 0.3 is 5.97 Å². The fraction of sp³-hybridized carbons (Fsp3) is 0.481. The molecule has 0 spiro atoms. The van der Waals surface area contributed by atoms with Crippen LogP contribution in [0.15, 0.2) is 42.5 Å². The van der Waals surface area contributed by atoms with E-state index in [9.17, 15) is 4.79 Å². The van der Waals surface area contributed by atoms with E-state index in [4.69, 9.17) is 19.6 Å². The Bertz CT molecular complexity index is 869. The first-order valence-electron chi connectivity index (χ1n) is 12.0. The Balaban J connectivity index is 1.86. The first kappa shape index (κ1) is 27.2. The minimum Gasteiger partial charge on any atom is -0.492 e. The molecule has 0 bridgehead atoms. The molecule has 6 heteroatoms. The number of nitrogens with zero attached hydrogens (tertiary/aromatic N) is 1. The Morgan fingerprint density at radius 3 is 2.36 bits per heavy atom. The van der Waals surface area contributed by atoms with Crippen molar-refractivity contribution in [2.45, 2.75) is 71.1 Å². The van der Waals surface area contributed by atoms with Crippen molar-refractivity contribution in [3.63, 3.8) is 0 Å². The zero-order valence-electron chi connectivity index (χ0n) is 19.6. The van der Waals surface area contributed by atoms with Crippen molar-refractivity contribution in [2.24, 2.45) is 0 Å². The molecule has 1 aromatic carbocycles. The molecule has 2 rings (SSSR count). The molecule has 0 radical (unpaired) electrons. The third-order valence-corrected chi connectivity index (χ3v) is 6.11. The quantitative estimate of drug-likeness (QED) is 0.161. The van der Waals surface area contributed by atoms with Crippen molar-refractivity contribution in [2.75, 3.05) is 13.2 Å². The van der Waals surface area contributed by atoms with Crippen LogP contribution in [-0.4, -0.2) is 29.3 Å². The number of benzene rings is 1. The van der Waals surface area contributed by atoms with Crippen molar-refractivity contribution < 1.29 is 19.4 Å². The average molecular weight is 565 g/mol. The van der Waals surface area contributed by atoms with Crippen LogP contribution in [0.1, 0.15) is 76.1 Å². The second-order valence-corrected chi connectivity index (χ2v) is 9.20. The largest absolute Gasteiger partial charge is 0.492 e. The maximum Gasteiger partial charge on any atom is 0.307 e. The number of para-hydroxylation sites is 1. The van der Waals surface area contributed by atoms with Gasteiger partial charge in [-0.25, -0.2) is 4.98 Å². The van der Waals surface area contributed by atoms with Crippen molar-refractivity contribution in [3.8, 4) is 11.5 Å². The van der Waals surface area contributed by atoms with Crippen molar-refractivity contribution in [3.05, 3.63) is 57.4 Å². The molecule has 0 fully saturated rings. The SMILES string of the molecule is CCCCCCCCCCOc1ccc(CCOc2ccccc2I)nc1C=CCC(=O)O. The lowest BCUT2D eigenvalue weighted by molar-refractivity contribution is -0.135. The summed E-state index contributed by atoms with van der Waals surface area (Å²) in [5, 5.41) is 8.93. The molecule has 0 atom stereocenters. The van der Waals surface area contributed by atoms with Crippen LogP contribution in [0.4, 0.5) is 0 Å². The van der Waals surface area contributed by atoms with Gasteiger partial charge in [-0.3, -0.25) is 4.79 Å².